The Labute approximate surface area is 136 Å². The summed E-state index contributed by atoms with van der Waals surface area (Å²) in [5.74, 6) is 0.218. The lowest BCUT2D eigenvalue weighted by Crippen LogP contribution is -2.27. The molecule has 110 valence electrons. The molecule has 21 heavy (non-hydrogen) atoms. The van der Waals surface area contributed by atoms with Gasteiger partial charge in [0.05, 0.1) is 24.0 Å². The topological polar surface area (TPSA) is 55.6 Å². The number of methoxy groups -OCH3 is 1. The number of halogens is 2. The second-order valence-electron chi connectivity index (χ2n) is 4.41. The van der Waals surface area contributed by atoms with Crippen molar-refractivity contribution in [3.8, 4) is 5.75 Å². The predicted molar refractivity (Wildman–Crippen MR) is 89.3 cm³/mol. The van der Waals surface area contributed by atoms with E-state index in [1.54, 1.807) is 37.4 Å². The van der Waals surface area contributed by atoms with Crippen molar-refractivity contribution in [2.45, 2.75) is 0 Å². The van der Waals surface area contributed by atoms with Crippen LogP contribution in [0, 0.1) is 0 Å². The van der Waals surface area contributed by atoms with Crippen molar-refractivity contribution >= 4 is 44.8 Å². The van der Waals surface area contributed by atoms with E-state index >= 15 is 0 Å². The number of ether oxygens (including phenoxy) is 1. The van der Waals surface area contributed by atoms with Crippen molar-refractivity contribution in [1.82, 2.24) is 0 Å². The fourth-order valence-electron chi connectivity index (χ4n) is 1.97. The summed E-state index contributed by atoms with van der Waals surface area (Å²) in [5.41, 5.74) is 7.46. The highest BCUT2D eigenvalue weighted by Crippen LogP contribution is 2.29. The lowest BCUT2D eigenvalue weighted by molar-refractivity contribution is 0.0990. The number of hydrogen-bond donors (Lipinski definition) is 1. The Morgan fingerprint density at radius 3 is 2.62 bits per heavy atom. The monoisotopic (exact) mass is 368 g/mol. The number of hydrogen-bond acceptors (Lipinski definition) is 3. The van der Waals surface area contributed by atoms with Crippen LogP contribution in [0.15, 0.2) is 40.9 Å². The second kappa shape index (κ2) is 6.37. The number of nitrogens with zero attached hydrogens (tertiary/aromatic N) is 1. The van der Waals surface area contributed by atoms with Crippen LogP contribution in [0.1, 0.15) is 10.4 Å². The first kappa shape index (κ1) is 15.7. The average Bonchev–Trinajstić information content (AvgIpc) is 2.45. The molecule has 0 aliphatic heterocycles. The Balaban J connectivity index is 2.41. The molecule has 6 heteroatoms. The minimum Gasteiger partial charge on any atom is -0.496 e. The molecule has 4 nitrogen and oxygen atoms in total. The summed E-state index contributed by atoms with van der Waals surface area (Å²) in [6.45, 7) is 0. The molecule has 0 heterocycles. The zero-order valence-electron chi connectivity index (χ0n) is 11.6. The maximum Gasteiger partial charge on any atom is 0.261 e. The number of rotatable bonds is 3. The van der Waals surface area contributed by atoms with E-state index in [-0.39, 0.29) is 5.91 Å². The molecule has 0 aromatic heterocycles. The summed E-state index contributed by atoms with van der Waals surface area (Å²) in [6.07, 6.45) is 0. The highest BCUT2D eigenvalue weighted by atomic mass is 79.9. The summed E-state index contributed by atoms with van der Waals surface area (Å²) in [6, 6.07) is 10.3. The molecule has 2 aromatic carbocycles. The Bertz CT molecular complexity index is 691. The molecule has 0 fully saturated rings. The van der Waals surface area contributed by atoms with Crippen molar-refractivity contribution in [2.24, 2.45) is 0 Å². The minimum absolute atomic E-state index is 0.247. The second-order valence-corrected chi connectivity index (χ2v) is 5.76. The lowest BCUT2D eigenvalue weighted by atomic mass is 10.1. The summed E-state index contributed by atoms with van der Waals surface area (Å²) in [5, 5.41) is 0.469. The van der Waals surface area contributed by atoms with Crippen molar-refractivity contribution < 1.29 is 9.53 Å². The Hall–Kier alpha value is -1.72. The van der Waals surface area contributed by atoms with Crippen LogP contribution >= 0.6 is 27.5 Å². The summed E-state index contributed by atoms with van der Waals surface area (Å²) < 4.78 is 6.06. The van der Waals surface area contributed by atoms with E-state index in [0.717, 1.165) is 4.47 Å². The largest absolute Gasteiger partial charge is 0.496 e. The molecule has 0 aliphatic carbocycles. The van der Waals surface area contributed by atoms with E-state index in [1.165, 1.54) is 12.0 Å². The van der Waals surface area contributed by atoms with Crippen LogP contribution in [0.25, 0.3) is 0 Å². The maximum atomic E-state index is 12.6. The van der Waals surface area contributed by atoms with E-state index in [2.05, 4.69) is 15.9 Å². The number of nitrogens with two attached hydrogens (primary N) is 1. The van der Waals surface area contributed by atoms with Crippen molar-refractivity contribution in [2.75, 3.05) is 24.8 Å². The van der Waals surface area contributed by atoms with Gasteiger partial charge in [-0.05, 0) is 36.4 Å². The molecule has 0 unspecified atom stereocenters. The van der Waals surface area contributed by atoms with Crippen LogP contribution in [-0.4, -0.2) is 20.1 Å². The predicted octanol–water partition coefficient (Wildman–Crippen LogP) is 3.97. The van der Waals surface area contributed by atoms with Gasteiger partial charge >= 0.3 is 0 Å². The van der Waals surface area contributed by atoms with Crippen LogP contribution in [0.5, 0.6) is 5.75 Å². The van der Waals surface area contributed by atoms with Gasteiger partial charge in [0.15, 0.2) is 0 Å². The van der Waals surface area contributed by atoms with Gasteiger partial charge in [0.25, 0.3) is 5.91 Å². The van der Waals surface area contributed by atoms with Gasteiger partial charge in [0.1, 0.15) is 5.75 Å². The van der Waals surface area contributed by atoms with E-state index < -0.39 is 0 Å². The minimum atomic E-state index is -0.247. The molecule has 2 N–H and O–H groups in total. The normalized spacial score (nSPS) is 10.3. The van der Waals surface area contributed by atoms with Crippen LogP contribution in [-0.2, 0) is 0 Å². The molecule has 0 spiro atoms. The van der Waals surface area contributed by atoms with E-state index in [1.807, 2.05) is 6.07 Å². The fraction of sp³-hybridized carbons (Fsp3) is 0.133. The summed E-state index contributed by atoms with van der Waals surface area (Å²) in [7, 11) is 3.16. The number of carbonyl (C=O) groups is 1. The number of amides is 1. The first-order valence-corrected chi connectivity index (χ1v) is 7.27. The molecular formula is C15H14BrClN2O2. The van der Waals surface area contributed by atoms with E-state index in [4.69, 9.17) is 22.1 Å². The zero-order valence-corrected chi connectivity index (χ0v) is 13.9. The SMILES string of the molecule is COc1ccc(Cl)cc1C(=O)N(C)c1ccc(Br)cc1N. The molecule has 0 atom stereocenters. The molecule has 2 rings (SSSR count). The van der Waals surface area contributed by atoms with Crippen molar-refractivity contribution in [3.05, 3.63) is 51.5 Å². The van der Waals surface area contributed by atoms with Gasteiger partial charge in [0, 0.05) is 16.5 Å². The van der Waals surface area contributed by atoms with Crippen LogP contribution in [0.2, 0.25) is 5.02 Å². The van der Waals surface area contributed by atoms with Crippen molar-refractivity contribution in [1.29, 1.82) is 0 Å². The van der Waals surface area contributed by atoms with Gasteiger partial charge in [-0.15, -0.1) is 0 Å². The first-order chi connectivity index (χ1) is 9.93. The Morgan fingerprint density at radius 1 is 1.29 bits per heavy atom. The molecule has 0 aliphatic rings. The quantitative estimate of drug-likeness (QED) is 0.833. The Kier molecular flexibility index (Phi) is 4.75. The fourth-order valence-corrected chi connectivity index (χ4v) is 2.52. The smallest absolute Gasteiger partial charge is 0.261 e. The van der Waals surface area contributed by atoms with Gasteiger partial charge in [-0.3, -0.25) is 4.79 Å². The number of carbonyl (C=O) groups excluding carboxylic acids is 1. The molecular weight excluding hydrogens is 356 g/mol. The molecule has 2 aromatic rings. The van der Waals surface area contributed by atoms with Gasteiger partial charge in [0.2, 0.25) is 0 Å². The summed E-state index contributed by atoms with van der Waals surface area (Å²) in [4.78, 5) is 14.1. The highest BCUT2D eigenvalue weighted by Gasteiger charge is 2.20. The number of anilines is 2. The van der Waals surface area contributed by atoms with Gasteiger partial charge in [-0.1, -0.05) is 27.5 Å². The zero-order chi connectivity index (χ0) is 15.6. The number of benzene rings is 2. The van der Waals surface area contributed by atoms with Crippen molar-refractivity contribution in [3.63, 3.8) is 0 Å². The molecule has 0 bridgehead atoms. The Morgan fingerprint density at radius 2 is 2.00 bits per heavy atom. The maximum absolute atomic E-state index is 12.6. The third-order valence-corrected chi connectivity index (χ3v) is 3.78. The highest BCUT2D eigenvalue weighted by molar-refractivity contribution is 9.10. The average molecular weight is 370 g/mol. The molecule has 1 amide bonds. The van der Waals surface area contributed by atoms with E-state index in [9.17, 15) is 4.79 Å². The van der Waals surface area contributed by atoms with E-state index in [0.29, 0.717) is 27.7 Å². The van der Waals surface area contributed by atoms with Crippen LogP contribution < -0.4 is 15.4 Å². The third kappa shape index (κ3) is 3.31. The number of nitrogen functional groups attached to an aromatic ring is 1. The van der Waals surface area contributed by atoms with Gasteiger partial charge in [-0.25, -0.2) is 0 Å². The summed E-state index contributed by atoms with van der Waals surface area (Å²) >= 11 is 9.30. The third-order valence-electron chi connectivity index (χ3n) is 3.05. The molecule has 0 saturated heterocycles. The van der Waals surface area contributed by atoms with Gasteiger partial charge < -0.3 is 15.4 Å². The molecule has 0 saturated carbocycles. The lowest BCUT2D eigenvalue weighted by Gasteiger charge is -2.20. The van der Waals surface area contributed by atoms with Gasteiger partial charge in [-0.2, -0.15) is 0 Å². The van der Waals surface area contributed by atoms with Crippen LogP contribution in [0.4, 0.5) is 11.4 Å². The standard InChI is InChI=1S/C15H14BrClN2O2/c1-19(13-5-3-9(16)7-12(13)18)15(20)11-8-10(17)4-6-14(11)21-2/h3-8H,18H2,1-2H3. The van der Waals surface area contributed by atoms with Crippen LogP contribution in [0.3, 0.4) is 0 Å². The first-order valence-electron chi connectivity index (χ1n) is 6.10. The molecule has 0 radical (unpaired) electrons.